The highest BCUT2D eigenvalue weighted by atomic mass is 19.1. The van der Waals surface area contributed by atoms with E-state index in [4.69, 9.17) is 10.1 Å². The SMILES string of the molecule is N=C(c1ccc(N2CCOCC2=O)cc1)c1c(Nc2c(F)cccc2F)cc[nH]c1=O. The lowest BCUT2D eigenvalue weighted by Gasteiger charge is -2.27. The molecule has 1 fully saturated rings. The summed E-state index contributed by atoms with van der Waals surface area (Å²) in [7, 11) is 0. The minimum absolute atomic E-state index is 0.0125. The van der Waals surface area contributed by atoms with Crippen LogP contribution in [0.25, 0.3) is 0 Å². The maximum atomic E-state index is 14.1. The van der Waals surface area contributed by atoms with E-state index in [2.05, 4.69) is 10.3 Å². The number of nitrogens with one attached hydrogen (secondary N) is 3. The smallest absolute Gasteiger partial charge is 0.259 e. The lowest BCUT2D eigenvalue weighted by atomic mass is 10.0. The van der Waals surface area contributed by atoms with Crippen LogP contribution in [0, 0.1) is 17.0 Å². The zero-order valence-electron chi connectivity index (χ0n) is 16.2. The first-order chi connectivity index (χ1) is 15.0. The van der Waals surface area contributed by atoms with Gasteiger partial charge in [-0.3, -0.25) is 15.0 Å². The molecule has 1 saturated heterocycles. The minimum atomic E-state index is -0.822. The topological polar surface area (TPSA) is 98.3 Å². The summed E-state index contributed by atoms with van der Waals surface area (Å²) in [6.07, 6.45) is 1.33. The van der Waals surface area contributed by atoms with Crippen LogP contribution in [0.4, 0.5) is 25.8 Å². The molecule has 4 rings (SSSR count). The number of carbonyl (C=O) groups excluding carboxylic acids is 1. The van der Waals surface area contributed by atoms with Gasteiger partial charge in [-0.15, -0.1) is 0 Å². The Labute approximate surface area is 175 Å². The lowest BCUT2D eigenvalue weighted by Crippen LogP contribution is -2.41. The molecular weight excluding hydrogens is 406 g/mol. The number of amides is 1. The quantitative estimate of drug-likeness (QED) is 0.548. The summed E-state index contributed by atoms with van der Waals surface area (Å²) in [5, 5.41) is 11.1. The van der Waals surface area contributed by atoms with Crippen LogP contribution in [0.1, 0.15) is 11.1 Å². The molecule has 3 N–H and O–H groups in total. The van der Waals surface area contributed by atoms with Crippen LogP contribution < -0.4 is 15.8 Å². The third-order valence-corrected chi connectivity index (χ3v) is 4.89. The van der Waals surface area contributed by atoms with E-state index in [0.717, 1.165) is 12.1 Å². The number of nitrogens with zero attached hydrogens (tertiary/aromatic N) is 1. The third kappa shape index (κ3) is 4.08. The lowest BCUT2D eigenvalue weighted by molar-refractivity contribution is -0.125. The Morgan fingerprint density at radius 3 is 2.45 bits per heavy atom. The zero-order valence-corrected chi connectivity index (χ0v) is 16.2. The number of aromatic nitrogens is 1. The molecule has 1 aromatic heterocycles. The van der Waals surface area contributed by atoms with Gasteiger partial charge in [-0.1, -0.05) is 18.2 Å². The fourth-order valence-electron chi connectivity index (χ4n) is 3.33. The average molecular weight is 424 g/mol. The fourth-order valence-corrected chi connectivity index (χ4v) is 3.33. The molecule has 2 aromatic carbocycles. The molecule has 0 spiro atoms. The van der Waals surface area contributed by atoms with E-state index >= 15 is 0 Å². The molecule has 3 aromatic rings. The van der Waals surface area contributed by atoms with Gasteiger partial charge in [-0.25, -0.2) is 8.78 Å². The van der Waals surface area contributed by atoms with Crippen LogP contribution in [-0.2, 0) is 9.53 Å². The van der Waals surface area contributed by atoms with Crippen molar-refractivity contribution in [3.8, 4) is 0 Å². The van der Waals surface area contributed by atoms with Gasteiger partial charge in [0.1, 0.15) is 23.9 Å². The fraction of sp³-hybridized carbons (Fsp3) is 0.136. The summed E-state index contributed by atoms with van der Waals surface area (Å²) in [5.41, 5.74) is -0.0641. The molecule has 0 atom stereocenters. The zero-order chi connectivity index (χ0) is 22.0. The normalized spacial score (nSPS) is 13.9. The van der Waals surface area contributed by atoms with Gasteiger partial charge in [0, 0.05) is 24.0 Å². The van der Waals surface area contributed by atoms with Gasteiger partial charge in [0.15, 0.2) is 0 Å². The number of benzene rings is 2. The van der Waals surface area contributed by atoms with Gasteiger partial charge in [0.25, 0.3) is 11.5 Å². The van der Waals surface area contributed by atoms with Gasteiger partial charge < -0.3 is 19.9 Å². The number of rotatable bonds is 5. The van der Waals surface area contributed by atoms with Gasteiger partial charge in [0.05, 0.1) is 23.6 Å². The van der Waals surface area contributed by atoms with Crippen molar-refractivity contribution in [2.75, 3.05) is 30.0 Å². The highest BCUT2D eigenvalue weighted by Crippen LogP contribution is 2.26. The molecule has 2 heterocycles. The minimum Gasteiger partial charge on any atom is -0.370 e. The standard InChI is InChI=1S/C22H18F2N4O3/c23-15-2-1-3-16(24)21(15)27-17-8-9-26-22(30)19(17)20(25)13-4-6-14(7-5-13)28-10-11-31-12-18(28)29/h1-9,25H,10-12H2,(H2,26,27,30). The molecule has 0 saturated carbocycles. The molecule has 0 radical (unpaired) electrons. The number of ether oxygens (including phenoxy) is 1. The summed E-state index contributed by atoms with van der Waals surface area (Å²) < 4.78 is 33.2. The second-order valence-electron chi connectivity index (χ2n) is 6.84. The van der Waals surface area contributed by atoms with Crippen molar-refractivity contribution in [3.63, 3.8) is 0 Å². The maximum Gasteiger partial charge on any atom is 0.259 e. The molecule has 0 aliphatic carbocycles. The molecule has 0 bridgehead atoms. The number of aromatic amines is 1. The Hall–Kier alpha value is -3.85. The van der Waals surface area contributed by atoms with E-state index in [1.165, 1.54) is 18.3 Å². The number of carbonyl (C=O) groups is 1. The Kier molecular flexibility index (Phi) is 5.59. The monoisotopic (exact) mass is 424 g/mol. The number of H-pyrrole nitrogens is 1. The highest BCUT2D eigenvalue weighted by molar-refractivity contribution is 6.14. The number of anilines is 3. The number of morpholine rings is 1. The van der Waals surface area contributed by atoms with E-state index in [-0.39, 0.29) is 29.5 Å². The van der Waals surface area contributed by atoms with Crippen molar-refractivity contribution < 1.29 is 18.3 Å². The molecular formula is C22H18F2N4O3. The van der Waals surface area contributed by atoms with Gasteiger partial charge in [-0.2, -0.15) is 0 Å². The first-order valence-corrected chi connectivity index (χ1v) is 9.46. The van der Waals surface area contributed by atoms with Crippen LogP contribution in [0.3, 0.4) is 0 Å². The van der Waals surface area contributed by atoms with Crippen LogP contribution in [-0.4, -0.2) is 36.4 Å². The van der Waals surface area contributed by atoms with Crippen molar-refractivity contribution in [2.45, 2.75) is 0 Å². The molecule has 1 aliphatic rings. The second kappa shape index (κ2) is 8.49. The molecule has 7 nitrogen and oxygen atoms in total. The summed E-state index contributed by atoms with van der Waals surface area (Å²) in [6, 6.07) is 11.4. The van der Waals surface area contributed by atoms with Crippen molar-refractivity contribution >= 4 is 28.7 Å². The Bertz CT molecular complexity index is 1190. The predicted molar refractivity (Wildman–Crippen MR) is 112 cm³/mol. The summed E-state index contributed by atoms with van der Waals surface area (Å²) in [4.78, 5) is 28.5. The van der Waals surface area contributed by atoms with E-state index < -0.39 is 22.9 Å². The van der Waals surface area contributed by atoms with Crippen LogP contribution in [0.2, 0.25) is 0 Å². The molecule has 0 unspecified atom stereocenters. The highest BCUT2D eigenvalue weighted by Gasteiger charge is 2.21. The van der Waals surface area contributed by atoms with Crippen molar-refractivity contribution in [1.29, 1.82) is 5.41 Å². The van der Waals surface area contributed by atoms with Gasteiger partial charge in [0.2, 0.25) is 0 Å². The van der Waals surface area contributed by atoms with Crippen LogP contribution in [0.5, 0.6) is 0 Å². The molecule has 31 heavy (non-hydrogen) atoms. The van der Waals surface area contributed by atoms with E-state index in [9.17, 15) is 18.4 Å². The molecule has 158 valence electrons. The van der Waals surface area contributed by atoms with E-state index in [1.807, 2.05) is 0 Å². The average Bonchev–Trinajstić information content (AvgIpc) is 2.77. The molecule has 1 aliphatic heterocycles. The van der Waals surface area contributed by atoms with Gasteiger partial charge in [-0.05, 0) is 30.3 Å². The Morgan fingerprint density at radius 1 is 1.06 bits per heavy atom. The summed E-state index contributed by atoms with van der Waals surface area (Å²) >= 11 is 0. The van der Waals surface area contributed by atoms with E-state index in [0.29, 0.717) is 24.4 Å². The Balaban J connectivity index is 1.66. The first-order valence-electron chi connectivity index (χ1n) is 9.46. The summed E-state index contributed by atoms with van der Waals surface area (Å²) in [6.45, 7) is 0.874. The number of halogens is 2. The van der Waals surface area contributed by atoms with Crippen molar-refractivity contribution in [3.05, 3.63) is 87.8 Å². The van der Waals surface area contributed by atoms with Crippen LogP contribution >= 0.6 is 0 Å². The van der Waals surface area contributed by atoms with Crippen LogP contribution in [0.15, 0.2) is 59.5 Å². The first kappa shape index (κ1) is 20.4. The Morgan fingerprint density at radius 2 is 1.77 bits per heavy atom. The number of para-hydroxylation sites is 1. The largest absolute Gasteiger partial charge is 0.370 e. The summed E-state index contributed by atoms with van der Waals surface area (Å²) in [5.74, 6) is -1.80. The molecule has 9 heteroatoms. The number of pyridine rings is 1. The maximum absolute atomic E-state index is 14.1. The van der Waals surface area contributed by atoms with Crippen molar-refractivity contribution in [2.24, 2.45) is 0 Å². The number of hydrogen-bond donors (Lipinski definition) is 3. The molecule has 1 amide bonds. The van der Waals surface area contributed by atoms with Gasteiger partial charge >= 0.3 is 0 Å². The second-order valence-corrected chi connectivity index (χ2v) is 6.84. The van der Waals surface area contributed by atoms with E-state index in [1.54, 1.807) is 29.2 Å². The number of hydrogen-bond acceptors (Lipinski definition) is 5. The van der Waals surface area contributed by atoms with Crippen molar-refractivity contribution in [1.82, 2.24) is 4.98 Å². The predicted octanol–water partition coefficient (Wildman–Crippen LogP) is 3.18. The third-order valence-electron chi connectivity index (χ3n) is 4.89.